The lowest BCUT2D eigenvalue weighted by molar-refractivity contribution is -0.686. The molecule has 122 valence electrons. The largest absolute Gasteiger partial charge is 0.504 e. The molecule has 2 aromatic carbocycles. The number of aryl methyl sites for hydroxylation is 2. The molecular weight excluding hydrogens is 306 g/mol. The summed E-state index contributed by atoms with van der Waals surface area (Å²) in [4.78, 5) is 0. The molecule has 2 heterocycles. The topological polar surface area (TPSA) is 62.8 Å². The molecule has 0 saturated carbocycles. The number of pyridine rings is 1. The Balaban J connectivity index is 1.96. The van der Waals surface area contributed by atoms with Gasteiger partial charge in [-0.25, -0.2) is 0 Å². The molecule has 2 N–H and O–H groups in total. The maximum Gasteiger partial charge on any atom is 0.213 e. The standard InChI is InChI=1S/C19H17NO4/c1-23-17-4-3-11-7-15-13-9-16(21)18(24-2)8-12(13)5-6-20(15)10-14(11)19(17)22/h3-4,7-10,21H,5-6H2,1-2H3/p+1. The van der Waals surface area contributed by atoms with E-state index in [0.717, 1.165) is 40.6 Å². The van der Waals surface area contributed by atoms with E-state index in [1.54, 1.807) is 26.4 Å². The third-order valence-corrected chi connectivity index (χ3v) is 4.62. The lowest BCUT2D eigenvalue weighted by atomic mass is 9.95. The molecule has 4 rings (SSSR count). The fourth-order valence-corrected chi connectivity index (χ4v) is 3.36. The van der Waals surface area contributed by atoms with E-state index >= 15 is 0 Å². The number of aromatic hydroxyl groups is 2. The number of hydrogen-bond donors (Lipinski definition) is 2. The molecule has 0 aliphatic carbocycles. The predicted molar refractivity (Wildman–Crippen MR) is 89.7 cm³/mol. The van der Waals surface area contributed by atoms with Gasteiger partial charge in [-0.1, -0.05) is 0 Å². The molecule has 3 aromatic rings. The molecule has 0 amide bonds. The van der Waals surface area contributed by atoms with Crippen molar-refractivity contribution in [3.8, 4) is 34.3 Å². The Labute approximate surface area is 139 Å². The summed E-state index contributed by atoms with van der Waals surface area (Å²) in [6.45, 7) is 0.794. The van der Waals surface area contributed by atoms with Gasteiger partial charge in [-0.3, -0.25) is 0 Å². The maximum absolute atomic E-state index is 10.4. The van der Waals surface area contributed by atoms with Gasteiger partial charge in [0.15, 0.2) is 35.7 Å². The summed E-state index contributed by atoms with van der Waals surface area (Å²) in [5, 5.41) is 22.2. The van der Waals surface area contributed by atoms with Crippen LogP contribution in [0.3, 0.4) is 0 Å². The number of ether oxygens (including phenoxy) is 2. The van der Waals surface area contributed by atoms with Crippen LogP contribution in [-0.2, 0) is 13.0 Å². The Morgan fingerprint density at radius 1 is 1.00 bits per heavy atom. The molecule has 0 fully saturated rings. The Morgan fingerprint density at radius 3 is 2.54 bits per heavy atom. The average Bonchev–Trinajstić information content (AvgIpc) is 2.60. The highest BCUT2D eigenvalue weighted by Crippen LogP contribution is 2.39. The number of fused-ring (bicyclic) bond motifs is 4. The van der Waals surface area contributed by atoms with Gasteiger partial charge in [-0.15, -0.1) is 0 Å². The van der Waals surface area contributed by atoms with Gasteiger partial charge in [-0.2, -0.15) is 4.57 Å². The molecule has 0 radical (unpaired) electrons. The number of benzene rings is 2. The molecule has 24 heavy (non-hydrogen) atoms. The second-order valence-electron chi connectivity index (χ2n) is 5.90. The number of nitrogens with zero attached hydrogens (tertiary/aromatic N) is 1. The van der Waals surface area contributed by atoms with Gasteiger partial charge in [0.1, 0.15) is 0 Å². The number of phenolic OH excluding ortho intramolecular Hbond substituents is 2. The minimum absolute atomic E-state index is 0.127. The summed E-state index contributed by atoms with van der Waals surface area (Å²) in [5.74, 6) is 1.23. The lowest BCUT2D eigenvalue weighted by Crippen LogP contribution is -2.40. The third-order valence-electron chi connectivity index (χ3n) is 4.62. The van der Waals surface area contributed by atoms with Crippen molar-refractivity contribution in [1.29, 1.82) is 0 Å². The smallest absolute Gasteiger partial charge is 0.213 e. The summed E-state index contributed by atoms with van der Waals surface area (Å²) in [6, 6.07) is 9.34. The van der Waals surface area contributed by atoms with Crippen LogP contribution < -0.4 is 14.0 Å². The van der Waals surface area contributed by atoms with E-state index in [4.69, 9.17) is 9.47 Å². The zero-order valence-corrected chi connectivity index (χ0v) is 13.5. The molecule has 1 aliphatic rings. The van der Waals surface area contributed by atoms with Crippen LogP contribution in [0.4, 0.5) is 0 Å². The van der Waals surface area contributed by atoms with Crippen molar-refractivity contribution >= 4 is 10.8 Å². The number of rotatable bonds is 2. The molecule has 1 aliphatic heterocycles. The summed E-state index contributed by atoms with van der Waals surface area (Å²) >= 11 is 0. The minimum atomic E-state index is 0.127. The third kappa shape index (κ3) is 2.05. The minimum Gasteiger partial charge on any atom is -0.504 e. The van der Waals surface area contributed by atoms with E-state index in [0.29, 0.717) is 11.5 Å². The van der Waals surface area contributed by atoms with Crippen molar-refractivity contribution in [3.63, 3.8) is 0 Å². The fraction of sp³-hybridized carbons (Fsp3) is 0.211. The van der Waals surface area contributed by atoms with Crippen LogP contribution in [0, 0.1) is 0 Å². The van der Waals surface area contributed by atoms with Crippen molar-refractivity contribution in [1.82, 2.24) is 0 Å². The van der Waals surface area contributed by atoms with Gasteiger partial charge in [-0.05, 0) is 35.2 Å². The first kappa shape index (κ1) is 14.6. The van der Waals surface area contributed by atoms with Crippen LogP contribution in [-0.4, -0.2) is 24.4 Å². The Bertz CT molecular complexity index is 965. The highest BCUT2D eigenvalue weighted by Gasteiger charge is 2.26. The van der Waals surface area contributed by atoms with Crippen molar-refractivity contribution in [2.45, 2.75) is 13.0 Å². The molecule has 1 aromatic heterocycles. The number of phenols is 2. The molecular formula is C19H18NO4+. The molecule has 5 heteroatoms. The van der Waals surface area contributed by atoms with Gasteiger partial charge in [0, 0.05) is 12.5 Å². The Hall–Kier alpha value is -2.95. The Kier molecular flexibility index (Phi) is 3.23. The van der Waals surface area contributed by atoms with Crippen molar-refractivity contribution in [2.75, 3.05) is 14.2 Å². The highest BCUT2D eigenvalue weighted by molar-refractivity contribution is 5.91. The van der Waals surface area contributed by atoms with E-state index in [9.17, 15) is 10.2 Å². The predicted octanol–water partition coefficient (Wildman–Crippen LogP) is 2.78. The zero-order valence-electron chi connectivity index (χ0n) is 13.5. The molecule has 0 unspecified atom stereocenters. The van der Waals surface area contributed by atoms with E-state index in [1.807, 2.05) is 24.4 Å². The number of hydrogen-bond acceptors (Lipinski definition) is 4. The number of methoxy groups -OCH3 is 2. The van der Waals surface area contributed by atoms with Crippen molar-refractivity contribution < 1.29 is 24.3 Å². The second-order valence-corrected chi connectivity index (χ2v) is 5.90. The Morgan fingerprint density at radius 2 is 1.79 bits per heavy atom. The molecule has 0 saturated heterocycles. The van der Waals surface area contributed by atoms with Crippen LogP contribution in [0.1, 0.15) is 5.56 Å². The monoisotopic (exact) mass is 324 g/mol. The summed E-state index contributed by atoms with van der Waals surface area (Å²) in [5.41, 5.74) is 3.13. The normalized spacial score (nSPS) is 12.6. The van der Waals surface area contributed by atoms with Crippen LogP contribution in [0.15, 0.2) is 36.5 Å². The van der Waals surface area contributed by atoms with E-state index in [-0.39, 0.29) is 11.5 Å². The van der Waals surface area contributed by atoms with Crippen LogP contribution in [0.2, 0.25) is 0 Å². The average molecular weight is 324 g/mol. The SMILES string of the molecule is COc1cc2c(cc1O)-c1cc3ccc(OC)c(O)c3c[n+]1CC2. The quantitative estimate of drug-likeness (QED) is 0.712. The van der Waals surface area contributed by atoms with Crippen molar-refractivity contribution in [2.24, 2.45) is 0 Å². The summed E-state index contributed by atoms with van der Waals surface area (Å²) < 4.78 is 12.5. The maximum atomic E-state index is 10.4. The van der Waals surface area contributed by atoms with Gasteiger partial charge in [0.05, 0.1) is 25.2 Å². The van der Waals surface area contributed by atoms with E-state index < -0.39 is 0 Å². The van der Waals surface area contributed by atoms with Crippen LogP contribution in [0.25, 0.3) is 22.0 Å². The first-order valence-electron chi connectivity index (χ1n) is 7.75. The van der Waals surface area contributed by atoms with Crippen LogP contribution in [0.5, 0.6) is 23.0 Å². The molecule has 5 nitrogen and oxygen atoms in total. The fourth-order valence-electron chi connectivity index (χ4n) is 3.36. The zero-order chi connectivity index (χ0) is 16.8. The van der Waals surface area contributed by atoms with Crippen molar-refractivity contribution in [3.05, 3.63) is 42.1 Å². The lowest BCUT2D eigenvalue weighted by Gasteiger charge is -2.17. The number of aromatic nitrogens is 1. The summed E-state index contributed by atoms with van der Waals surface area (Å²) in [6.07, 6.45) is 2.77. The summed E-state index contributed by atoms with van der Waals surface area (Å²) in [7, 11) is 3.09. The second kappa shape index (κ2) is 5.30. The van der Waals surface area contributed by atoms with E-state index in [2.05, 4.69) is 4.57 Å². The molecule has 0 spiro atoms. The first-order valence-corrected chi connectivity index (χ1v) is 7.75. The van der Waals surface area contributed by atoms with Crippen LogP contribution >= 0.6 is 0 Å². The van der Waals surface area contributed by atoms with Gasteiger partial charge in [0.25, 0.3) is 0 Å². The first-order chi connectivity index (χ1) is 11.6. The molecule has 0 atom stereocenters. The van der Waals surface area contributed by atoms with Gasteiger partial charge < -0.3 is 19.7 Å². The van der Waals surface area contributed by atoms with Gasteiger partial charge >= 0.3 is 0 Å². The van der Waals surface area contributed by atoms with Gasteiger partial charge in [0.2, 0.25) is 5.69 Å². The molecule has 0 bridgehead atoms. The van der Waals surface area contributed by atoms with E-state index in [1.165, 1.54) is 0 Å². The highest BCUT2D eigenvalue weighted by atomic mass is 16.5.